The largest absolute Gasteiger partial charge is 0.478 e. The Bertz CT molecular complexity index is 1010. The highest BCUT2D eigenvalue weighted by Gasteiger charge is 2.25. The van der Waals surface area contributed by atoms with E-state index in [9.17, 15) is 14.7 Å². The van der Waals surface area contributed by atoms with E-state index >= 15 is 0 Å². The van der Waals surface area contributed by atoms with E-state index in [1.807, 2.05) is 36.4 Å². The molecule has 4 rings (SSSR count). The predicted octanol–water partition coefficient (Wildman–Crippen LogP) is 5.60. The molecular weight excluding hydrogens is 338 g/mol. The van der Waals surface area contributed by atoms with Gasteiger partial charge in [0.25, 0.3) is 0 Å². The van der Waals surface area contributed by atoms with E-state index in [1.165, 1.54) is 12.8 Å². The maximum Gasteiger partial charge on any atom is 0.335 e. The number of hydrogen-bond donors (Lipinski definition) is 2. The van der Waals surface area contributed by atoms with E-state index in [1.54, 1.807) is 13.0 Å². The third-order valence-corrected chi connectivity index (χ3v) is 5.66. The first kappa shape index (κ1) is 17.5. The molecule has 4 nitrogen and oxygen atoms in total. The summed E-state index contributed by atoms with van der Waals surface area (Å²) in [5, 5.41) is 10.3. The Kier molecular flexibility index (Phi) is 4.56. The Labute approximate surface area is 158 Å². The standard InChI is InChI=1S/C23H23NO3/c1-14-11-19-18(13-17(14)23(26)27)21(16-9-3-2-4-10-16)22(24-19)20(25)12-15-7-5-6-8-15/h2-4,9-11,13,15,24H,5-8,12H2,1H3,(H,26,27). The van der Waals surface area contributed by atoms with Crippen LogP contribution < -0.4 is 0 Å². The smallest absolute Gasteiger partial charge is 0.335 e. The van der Waals surface area contributed by atoms with Crippen LogP contribution in [0.1, 0.15) is 58.5 Å². The van der Waals surface area contributed by atoms with E-state index in [2.05, 4.69) is 4.98 Å². The fourth-order valence-corrected chi connectivity index (χ4v) is 4.27. The van der Waals surface area contributed by atoms with Gasteiger partial charge in [0.15, 0.2) is 5.78 Å². The van der Waals surface area contributed by atoms with Crippen molar-refractivity contribution < 1.29 is 14.7 Å². The summed E-state index contributed by atoms with van der Waals surface area (Å²) in [6, 6.07) is 13.3. The summed E-state index contributed by atoms with van der Waals surface area (Å²) >= 11 is 0. The molecule has 1 aliphatic carbocycles. The zero-order valence-electron chi connectivity index (χ0n) is 15.4. The second-order valence-corrected chi connectivity index (χ2v) is 7.54. The van der Waals surface area contributed by atoms with E-state index in [0.717, 1.165) is 34.9 Å². The van der Waals surface area contributed by atoms with Gasteiger partial charge in [-0.1, -0.05) is 56.0 Å². The van der Waals surface area contributed by atoms with Crippen molar-refractivity contribution in [2.45, 2.75) is 39.0 Å². The summed E-state index contributed by atoms with van der Waals surface area (Å²) in [5.74, 6) is -0.372. The molecule has 0 bridgehead atoms. The summed E-state index contributed by atoms with van der Waals surface area (Å²) in [6.07, 6.45) is 5.20. The second-order valence-electron chi connectivity index (χ2n) is 7.54. The lowest BCUT2D eigenvalue weighted by atomic mass is 9.94. The van der Waals surface area contributed by atoms with Crippen molar-refractivity contribution in [2.75, 3.05) is 0 Å². The molecule has 1 aliphatic rings. The molecule has 2 aromatic carbocycles. The highest BCUT2D eigenvalue weighted by Crippen LogP contribution is 2.36. The molecule has 1 aromatic heterocycles. The van der Waals surface area contributed by atoms with E-state index < -0.39 is 5.97 Å². The van der Waals surface area contributed by atoms with Crippen molar-refractivity contribution in [2.24, 2.45) is 5.92 Å². The van der Waals surface area contributed by atoms with Crippen LogP contribution in [0, 0.1) is 12.8 Å². The molecule has 0 aliphatic heterocycles. The number of aryl methyl sites for hydroxylation is 1. The Morgan fingerprint density at radius 1 is 1.11 bits per heavy atom. The molecule has 3 aromatic rings. The van der Waals surface area contributed by atoms with E-state index in [0.29, 0.717) is 23.6 Å². The fraction of sp³-hybridized carbons (Fsp3) is 0.304. The Balaban J connectivity index is 1.89. The molecule has 1 saturated carbocycles. The van der Waals surface area contributed by atoms with Gasteiger partial charge in [-0.3, -0.25) is 4.79 Å². The minimum atomic E-state index is -0.951. The lowest BCUT2D eigenvalue weighted by Gasteiger charge is -2.09. The first-order valence-corrected chi connectivity index (χ1v) is 9.53. The minimum absolute atomic E-state index is 0.117. The van der Waals surface area contributed by atoms with Crippen LogP contribution in [0.5, 0.6) is 0 Å². The van der Waals surface area contributed by atoms with Gasteiger partial charge in [-0.25, -0.2) is 4.79 Å². The number of aromatic carboxylic acids is 1. The van der Waals surface area contributed by atoms with Crippen LogP contribution in [0.3, 0.4) is 0 Å². The monoisotopic (exact) mass is 361 g/mol. The highest BCUT2D eigenvalue weighted by molar-refractivity contribution is 6.12. The molecule has 2 N–H and O–H groups in total. The lowest BCUT2D eigenvalue weighted by molar-refractivity contribution is 0.0696. The number of carbonyl (C=O) groups excluding carboxylic acids is 1. The highest BCUT2D eigenvalue weighted by atomic mass is 16.4. The maximum absolute atomic E-state index is 13.1. The van der Waals surface area contributed by atoms with Crippen LogP contribution in [-0.4, -0.2) is 21.8 Å². The van der Waals surface area contributed by atoms with E-state index in [-0.39, 0.29) is 11.3 Å². The fourth-order valence-electron chi connectivity index (χ4n) is 4.27. The van der Waals surface area contributed by atoms with Crippen LogP contribution in [-0.2, 0) is 0 Å². The third kappa shape index (κ3) is 3.27. The molecule has 1 fully saturated rings. The Hall–Kier alpha value is -2.88. The number of carbonyl (C=O) groups is 2. The molecule has 0 spiro atoms. The molecule has 1 heterocycles. The molecule has 0 atom stereocenters. The van der Waals surface area contributed by atoms with Gasteiger partial charge >= 0.3 is 5.97 Å². The molecule has 27 heavy (non-hydrogen) atoms. The first-order valence-electron chi connectivity index (χ1n) is 9.53. The number of carboxylic acid groups (broad SMARTS) is 1. The molecule has 138 valence electrons. The average molecular weight is 361 g/mol. The predicted molar refractivity (Wildman–Crippen MR) is 106 cm³/mol. The van der Waals surface area contributed by atoms with Crippen LogP contribution in [0.2, 0.25) is 0 Å². The molecular formula is C23H23NO3. The number of aromatic nitrogens is 1. The summed E-state index contributed by atoms with van der Waals surface area (Å²) in [7, 11) is 0. The molecule has 0 saturated heterocycles. The van der Waals surface area contributed by atoms with Crippen LogP contribution in [0.25, 0.3) is 22.0 Å². The van der Waals surface area contributed by atoms with Crippen LogP contribution >= 0.6 is 0 Å². The van der Waals surface area contributed by atoms with E-state index in [4.69, 9.17) is 0 Å². The molecule has 0 amide bonds. The van der Waals surface area contributed by atoms with Gasteiger partial charge in [-0.05, 0) is 36.1 Å². The van der Waals surface area contributed by atoms with Crippen molar-refractivity contribution in [1.82, 2.24) is 4.98 Å². The zero-order valence-corrected chi connectivity index (χ0v) is 15.4. The van der Waals surface area contributed by atoms with Gasteiger partial charge in [0.05, 0.1) is 11.3 Å². The minimum Gasteiger partial charge on any atom is -0.478 e. The number of aromatic amines is 1. The zero-order chi connectivity index (χ0) is 19.0. The van der Waals surface area contributed by atoms with Gasteiger partial charge in [0.2, 0.25) is 0 Å². The van der Waals surface area contributed by atoms with Gasteiger partial charge in [-0.15, -0.1) is 0 Å². The number of rotatable bonds is 5. The van der Waals surface area contributed by atoms with Crippen molar-refractivity contribution in [1.29, 1.82) is 0 Å². The van der Waals surface area contributed by atoms with Gasteiger partial charge in [0.1, 0.15) is 0 Å². The normalized spacial score (nSPS) is 14.7. The Morgan fingerprint density at radius 3 is 2.48 bits per heavy atom. The third-order valence-electron chi connectivity index (χ3n) is 5.66. The Morgan fingerprint density at radius 2 is 1.81 bits per heavy atom. The number of ketones is 1. The number of nitrogens with one attached hydrogen (secondary N) is 1. The summed E-state index contributed by atoms with van der Waals surface area (Å²) in [6.45, 7) is 1.78. The SMILES string of the molecule is Cc1cc2[nH]c(C(=O)CC3CCCC3)c(-c3ccccc3)c2cc1C(=O)O. The summed E-state index contributed by atoms with van der Waals surface area (Å²) in [5.41, 5.74) is 4.12. The number of benzene rings is 2. The summed E-state index contributed by atoms with van der Waals surface area (Å²) in [4.78, 5) is 28.0. The van der Waals surface area contributed by atoms with Crippen molar-refractivity contribution >= 4 is 22.7 Å². The molecule has 4 heteroatoms. The van der Waals surface area contributed by atoms with Crippen molar-refractivity contribution in [3.8, 4) is 11.1 Å². The number of hydrogen-bond acceptors (Lipinski definition) is 2. The van der Waals surface area contributed by atoms with Crippen LogP contribution in [0.15, 0.2) is 42.5 Å². The van der Waals surface area contributed by atoms with Crippen molar-refractivity contribution in [3.05, 3.63) is 59.3 Å². The van der Waals surface area contributed by atoms with Crippen molar-refractivity contribution in [3.63, 3.8) is 0 Å². The quantitative estimate of drug-likeness (QED) is 0.581. The topological polar surface area (TPSA) is 70.2 Å². The van der Waals surface area contributed by atoms with Gasteiger partial charge in [0, 0.05) is 22.9 Å². The summed E-state index contributed by atoms with van der Waals surface area (Å²) < 4.78 is 0. The number of H-pyrrole nitrogens is 1. The molecule has 0 unspecified atom stereocenters. The number of carboxylic acids is 1. The lowest BCUT2D eigenvalue weighted by Crippen LogP contribution is -2.07. The number of Topliss-reactive ketones (excluding diaryl/α,β-unsaturated/α-hetero) is 1. The first-order chi connectivity index (χ1) is 13.0. The van der Waals surface area contributed by atoms with Crippen LogP contribution in [0.4, 0.5) is 0 Å². The average Bonchev–Trinajstić information content (AvgIpc) is 3.28. The van der Waals surface area contributed by atoms with Gasteiger partial charge in [-0.2, -0.15) is 0 Å². The second kappa shape index (κ2) is 7.03. The maximum atomic E-state index is 13.1. The molecule has 0 radical (unpaired) electrons. The number of fused-ring (bicyclic) bond motifs is 1. The van der Waals surface area contributed by atoms with Gasteiger partial charge < -0.3 is 10.1 Å².